The molecule has 0 unspecified atom stereocenters. The largest absolute Gasteiger partial charge is 0.465 e. The van der Waals surface area contributed by atoms with Gasteiger partial charge in [-0.1, -0.05) is 12.1 Å². The first-order chi connectivity index (χ1) is 10.7. The van der Waals surface area contributed by atoms with E-state index in [2.05, 4.69) is 15.9 Å². The molecule has 0 amide bonds. The van der Waals surface area contributed by atoms with Gasteiger partial charge in [0.1, 0.15) is 0 Å². The standard InChI is InChI=1S/C17H23N3O2/c1-2-22-17(21)14-20-9-3-8-19(10-11-20)13-16-6-4-15(12-18)5-7-16/h4-7H,2-3,8-11,13-14H2,1H3. The van der Waals surface area contributed by atoms with Gasteiger partial charge >= 0.3 is 5.97 Å². The van der Waals surface area contributed by atoms with Crippen LogP contribution in [0.4, 0.5) is 0 Å². The van der Waals surface area contributed by atoms with Gasteiger partial charge in [-0.3, -0.25) is 14.6 Å². The van der Waals surface area contributed by atoms with E-state index in [1.54, 1.807) is 0 Å². The van der Waals surface area contributed by atoms with Crippen molar-refractivity contribution in [1.82, 2.24) is 9.80 Å². The molecular formula is C17H23N3O2. The molecule has 1 heterocycles. The Labute approximate surface area is 132 Å². The molecule has 5 heteroatoms. The van der Waals surface area contributed by atoms with Crippen LogP contribution in [-0.4, -0.2) is 55.1 Å². The van der Waals surface area contributed by atoms with Gasteiger partial charge in [0.15, 0.2) is 0 Å². The van der Waals surface area contributed by atoms with E-state index < -0.39 is 0 Å². The number of esters is 1. The van der Waals surface area contributed by atoms with Crippen LogP contribution in [0.15, 0.2) is 24.3 Å². The van der Waals surface area contributed by atoms with Crippen molar-refractivity contribution in [3.05, 3.63) is 35.4 Å². The van der Waals surface area contributed by atoms with Crippen molar-refractivity contribution in [1.29, 1.82) is 5.26 Å². The van der Waals surface area contributed by atoms with E-state index in [-0.39, 0.29) is 5.97 Å². The normalized spacial score (nSPS) is 16.7. The van der Waals surface area contributed by atoms with Crippen molar-refractivity contribution in [2.45, 2.75) is 19.9 Å². The number of rotatable bonds is 5. The molecule has 2 rings (SSSR count). The fourth-order valence-electron chi connectivity index (χ4n) is 2.67. The van der Waals surface area contributed by atoms with Gasteiger partial charge in [-0.05, 0) is 37.6 Å². The molecule has 0 bridgehead atoms. The van der Waals surface area contributed by atoms with E-state index in [9.17, 15) is 4.79 Å². The van der Waals surface area contributed by atoms with Crippen molar-refractivity contribution in [2.75, 3.05) is 39.3 Å². The minimum atomic E-state index is -0.136. The highest BCUT2D eigenvalue weighted by Gasteiger charge is 2.17. The molecule has 0 radical (unpaired) electrons. The lowest BCUT2D eigenvalue weighted by Crippen LogP contribution is -2.34. The minimum Gasteiger partial charge on any atom is -0.465 e. The summed E-state index contributed by atoms with van der Waals surface area (Å²) in [5, 5.41) is 8.82. The zero-order valence-electron chi connectivity index (χ0n) is 13.1. The van der Waals surface area contributed by atoms with E-state index in [0.29, 0.717) is 18.7 Å². The Bertz CT molecular complexity index is 522. The summed E-state index contributed by atoms with van der Waals surface area (Å²) in [6.07, 6.45) is 1.05. The second-order valence-corrected chi connectivity index (χ2v) is 5.52. The first kappa shape index (κ1) is 16.5. The molecule has 0 saturated carbocycles. The summed E-state index contributed by atoms with van der Waals surface area (Å²) in [5.41, 5.74) is 1.91. The van der Waals surface area contributed by atoms with E-state index >= 15 is 0 Å². The SMILES string of the molecule is CCOC(=O)CN1CCCN(Cc2ccc(C#N)cc2)CC1. The van der Waals surface area contributed by atoms with E-state index in [1.807, 2.05) is 31.2 Å². The molecule has 5 nitrogen and oxygen atoms in total. The number of benzene rings is 1. The zero-order chi connectivity index (χ0) is 15.8. The number of carbonyl (C=O) groups excluding carboxylic acids is 1. The lowest BCUT2D eigenvalue weighted by molar-refractivity contribution is -0.144. The fourth-order valence-corrected chi connectivity index (χ4v) is 2.67. The van der Waals surface area contributed by atoms with Crippen molar-refractivity contribution in [3.63, 3.8) is 0 Å². The molecule has 0 aromatic heterocycles. The molecule has 1 fully saturated rings. The summed E-state index contributed by atoms with van der Waals surface area (Å²) in [6, 6.07) is 9.89. The maximum atomic E-state index is 11.6. The van der Waals surface area contributed by atoms with E-state index in [4.69, 9.17) is 10.00 Å². The number of hydrogen-bond acceptors (Lipinski definition) is 5. The van der Waals surface area contributed by atoms with E-state index in [1.165, 1.54) is 5.56 Å². The summed E-state index contributed by atoms with van der Waals surface area (Å²) in [7, 11) is 0. The molecule has 1 aliphatic heterocycles. The third-order valence-electron chi connectivity index (χ3n) is 3.83. The number of nitrogens with zero attached hydrogens (tertiary/aromatic N) is 3. The van der Waals surface area contributed by atoms with Crippen molar-refractivity contribution >= 4 is 5.97 Å². The maximum Gasteiger partial charge on any atom is 0.320 e. The van der Waals surface area contributed by atoms with Crippen LogP contribution in [0.2, 0.25) is 0 Å². The van der Waals surface area contributed by atoms with Crippen LogP contribution in [0.5, 0.6) is 0 Å². The van der Waals surface area contributed by atoms with Gasteiger partial charge in [0.2, 0.25) is 0 Å². The van der Waals surface area contributed by atoms with Crippen molar-refractivity contribution in [2.24, 2.45) is 0 Å². The molecule has 1 aromatic rings. The summed E-state index contributed by atoms with van der Waals surface area (Å²) in [6.45, 7) is 7.34. The fraction of sp³-hybridized carbons (Fsp3) is 0.529. The molecule has 1 aliphatic rings. The molecule has 118 valence electrons. The summed E-state index contributed by atoms with van der Waals surface area (Å²) >= 11 is 0. The summed E-state index contributed by atoms with van der Waals surface area (Å²) in [4.78, 5) is 16.1. The third kappa shape index (κ3) is 5.14. The number of carbonyl (C=O) groups is 1. The third-order valence-corrected chi connectivity index (χ3v) is 3.83. The molecule has 0 atom stereocenters. The van der Waals surface area contributed by atoms with Crippen molar-refractivity contribution < 1.29 is 9.53 Å². The van der Waals surface area contributed by atoms with Crippen LogP contribution in [0.25, 0.3) is 0 Å². The smallest absolute Gasteiger partial charge is 0.320 e. The van der Waals surface area contributed by atoms with Gasteiger partial charge in [-0.2, -0.15) is 5.26 Å². The quantitative estimate of drug-likeness (QED) is 0.774. The summed E-state index contributed by atoms with van der Waals surface area (Å²) in [5.74, 6) is -0.136. The first-order valence-electron chi connectivity index (χ1n) is 7.80. The lowest BCUT2D eigenvalue weighted by atomic mass is 10.1. The Morgan fingerprint density at radius 3 is 2.55 bits per heavy atom. The predicted octanol–water partition coefficient (Wildman–Crippen LogP) is 1.63. The van der Waals surface area contributed by atoms with Gasteiger partial charge in [0.25, 0.3) is 0 Å². The highest BCUT2D eigenvalue weighted by molar-refractivity contribution is 5.71. The Hall–Kier alpha value is -1.90. The topological polar surface area (TPSA) is 56.6 Å². The van der Waals surface area contributed by atoms with Gasteiger partial charge in [-0.25, -0.2) is 0 Å². The monoisotopic (exact) mass is 301 g/mol. The first-order valence-corrected chi connectivity index (χ1v) is 7.80. The molecule has 0 spiro atoms. The maximum absolute atomic E-state index is 11.6. The highest BCUT2D eigenvalue weighted by atomic mass is 16.5. The Kier molecular flexibility index (Phi) is 6.38. The second-order valence-electron chi connectivity index (χ2n) is 5.52. The van der Waals surface area contributed by atoms with Crippen molar-refractivity contribution in [3.8, 4) is 6.07 Å². The Morgan fingerprint density at radius 2 is 1.86 bits per heavy atom. The van der Waals surface area contributed by atoms with Gasteiger partial charge < -0.3 is 4.74 Å². The number of ether oxygens (including phenoxy) is 1. The van der Waals surface area contributed by atoms with Gasteiger partial charge in [0, 0.05) is 26.2 Å². The van der Waals surface area contributed by atoms with Crippen LogP contribution >= 0.6 is 0 Å². The second kappa shape index (κ2) is 8.52. The van der Waals surface area contributed by atoms with Crippen LogP contribution in [-0.2, 0) is 16.1 Å². The molecule has 22 heavy (non-hydrogen) atoms. The Balaban J connectivity index is 1.82. The van der Waals surface area contributed by atoms with Gasteiger partial charge in [0.05, 0.1) is 24.8 Å². The van der Waals surface area contributed by atoms with Crippen LogP contribution in [0.3, 0.4) is 0 Å². The summed E-state index contributed by atoms with van der Waals surface area (Å²) < 4.78 is 5.01. The van der Waals surface area contributed by atoms with E-state index in [0.717, 1.165) is 39.1 Å². The number of hydrogen-bond donors (Lipinski definition) is 0. The zero-order valence-corrected chi connectivity index (χ0v) is 13.1. The molecule has 0 N–H and O–H groups in total. The minimum absolute atomic E-state index is 0.136. The Morgan fingerprint density at radius 1 is 1.18 bits per heavy atom. The van der Waals surface area contributed by atoms with Gasteiger partial charge in [-0.15, -0.1) is 0 Å². The average molecular weight is 301 g/mol. The predicted molar refractivity (Wildman–Crippen MR) is 84.1 cm³/mol. The van der Waals surface area contributed by atoms with Crippen LogP contribution < -0.4 is 0 Å². The molecule has 0 aliphatic carbocycles. The van der Waals surface area contributed by atoms with Crippen LogP contribution in [0.1, 0.15) is 24.5 Å². The number of nitriles is 1. The van der Waals surface area contributed by atoms with Crippen LogP contribution in [0, 0.1) is 11.3 Å². The molecular weight excluding hydrogens is 278 g/mol. The highest BCUT2D eigenvalue weighted by Crippen LogP contribution is 2.10. The molecule has 1 aromatic carbocycles. The molecule has 1 saturated heterocycles. The average Bonchev–Trinajstić information content (AvgIpc) is 2.74. The lowest BCUT2D eigenvalue weighted by Gasteiger charge is -2.21.